The molecule has 5 nitrogen and oxygen atoms in total. The number of methoxy groups -OCH3 is 1. The number of carbonyl (C=O) groups is 2. The molecule has 0 bridgehead atoms. The Kier molecular flexibility index (Phi) is 5.95. The van der Waals surface area contributed by atoms with Crippen molar-refractivity contribution >= 4 is 11.8 Å². The minimum atomic E-state index is -0.119. The molecule has 1 aromatic rings. The fourth-order valence-corrected chi connectivity index (χ4v) is 3.54. The van der Waals surface area contributed by atoms with Crippen LogP contribution in [0.15, 0.2) is 24.3 Å². The summed E-state index contributed by atoms with van der Waals surface area (Å²) in [7, 11) is 1.65. The highest BCUT2D eigenvalue weighted by molar-refractivity contribution is 5.92. The maximum atomic E-state index is 12.5. The molecule has 0 spiro atoms. The van der Waals surface area contributed by atoms with Gasteiger partial charge in [0.05, 0.1) is 18.9 Å². The van der Waals surface area contributed by atoms with Crippen molar-refractivity contribution in [3.63, 3.8) is 0 Å². The van der Waals surface area contributed by atoms with Gasteiger partial charge in [0.1, 0.15) is 5.75 Å². The zero-order valence-corrected chi connectivity index (χ0v) is 15.0. The molecule has 1 N–H and O–H groups in total. The first kappa shape index (κ1) is 17.8. The molecule has 3 rings (SSSR count). The van der Waals surface area contributed by atoms with Crippen LogP contribution < -0.4 is 10.1 Å². The molecular formula is C20H28N2O3. The molecule has 2 unspecified atom stereocenters. The van der Waals surface area contributed by atoms with Crippen LogP contribution >= 0.6 is 0 Å². The van der Waals surface area contributed by atoms with Crippen molar-refractivity contribution in [3.8, 4) is 5.75 Å². The van der Waals surface area contributed by atoms with Crippen LogP contribution in [0.3, 0.4) is 0 Å². The number of carbonyl (C=O) groups excluding carboxylic acids is 2. The van der Waals surface area contributed by atoms with Gasteiger partial charge in [-0.2, -0.15) is 0 Å². The Labute approximate surface area is 149 Å². The van der Waals surface area contributed by atoms with Crippen LogP contribution in [0.2, 0.25) is 0 Å². The quantitative estimate of drug-likeness (QED) is 0.862. The number of rotatable bonds is 6. The van der Waals surface area contributed by atoms with Crippen molar-refractivity contribution in [2.24, 2.45) is 11.8 Å². The van der Waals surface area contributed by atoms with E-state index in [-0.39, 0.29) is 23.7 Å². The third kappa shape index (κ3) is 4.74. The maximum absolute atomic E-state index is 12.5. The van der Waals surface area contributed by atoms with Gasteiger partial charge in [-0.3, -0.25) is 9.59 Å². The van der Waals surface area contributed by atoms with Gasteiger partial charge in [0.2, 0.25) is 11.8 Å². The molecule has 0 aromatic heterocycles. The zero-order chi connectivity index (χ0) is 17.6. The molecule has 0 radical (unpaired) electrons. The molecule has 1 saturated heterocycles. The standard InChI is InChI=1S/C20H28N2O3/c1-25-16-8-6-15(7-9-16)10-11-21-19(23)17-14-18(17)20(24)22-12-4-2-3-5-13-22/h6-9,17-18H,2-5,10-14H2,1H3,(H,21,23). The van der Waals surface area contributed by atoms with Gasteiger partial charge in [0.25, 0.3) is 0 Å². The number of hydrogen-bond donors (Lipinski definition) is 1. The van der Waals surface area contributed by atoms with E-state index in [1.54, 1.807) is 7.11 Å². The molecule has 1 aromatic carbocycles. The summed E-state index contributed by atoms with van der Waals surface area (Å²) in [6.07, 6.45) is 6.11. The van der Waals surface area contributed by atoms with E-state index >= 15 is 0 Å². The van der Waals surface area contributed by atoms with Gasteiger partial charge in [-0.1, -0.05) is 25.0 Å². The third-order valence-electron chi connectivity index (χ3n) is 5.23. The van der Waals surface area contributed by atoms with E-state index in [0.29, 0.717) is 13.0 Å². The molecule has 2 amide bonds. The third-order valence-corrected chi connectivity index (χ3v) is 5.23. The van der Waals surface area contributed by atoms with Gasteiger partial charge in [-0.15, -0.1) is 0 Å². The van der Waals surface area contributed by atoms with Crippen molar-refractivity contribution in [1.29, 1.82) is 0 Å². The molecule has 2 fully saturated rings. The Balaban J connectivity index is 1.39. The summed E-state index contributed by atoms with van der Waals surface area (Å²) in [6, 6.07) is 7.86. The number of likely N-dealkylation sites (tertiary alicyclic amines) is 1. The van der Waals surface area contributed by atoms with Crippen molar-refractivity contribution in [3.05, 3.63) is 29.8 Å². The average molecular weight is 344 g/mol. The van der Waals surface area contributed by atoms with E-state index in [9.17, 15) is 9.59 Å². The van der Waals surface area contributed by atoms with E-state index in [2.05, 4.69) is 5.32 Å². The van der Waals surface area contributed by atoms with Gasteiger partial charge in [-0.25, -0.2) is 0 Å². The minimum Gasteiger partial charge on any atom is -0.497 e. The lowest BCUT2D eigenvalue weighted by molar-refractivity contribution is -0.134. The first-order chi connectivity index (χ1) is 12.2. The SMILES string of the molecule is COc1ccc(CCNC(=O)C2CC2C(=O)N2CCCCCC2)cc1. The Morgan fingerprint density at radius 1 is 1.08 bits per heavy atom. The molecule has 5 heteroatoms. The molecule has 1 saturated carbocycles. The van der Waals surface area contributed by atoms with Crippen molar-refractivity contribution in [2.45, 2.75) is 38.5 Å². The molecule has 136 valence electrons. The summed E-state index contributed by atoms with van der Waals surface area (Å²) in [5.74, 6) is 0.852. The summed E-state index contributed by atoms with van der Waals surface area (Å²) >= 11 is 0. The highest BCUT2D eigenvalue weighted by Crippen LogP contribution is 2.40. The average Bonchev–Trinajstić information content (AvgIpc) is 3.45. The number of benzene rings is 1. The van der Waals surface area contributed by atoms with Gasteiger partial charge in [-0.05, 0) is 43.4 Å². The Morgan fingerprint density at radius 3 is 2.40 bits per heavy atom. The van der Waals surface area contributed by atoms with E-state index in [1.807, 2.05) is 29.2 Å². The Morgan fingerprint density at radius 2 is 1.76 bits per heavy atom. The van der Waals surface area contributed by atoms with Gasteiger partial charge in [0.15, 0.2) is 0 Å². The van der Waals surface area contributed by atoms with Crippen LogP contribution in [0.25, 0.3) is 0 Å². The topological polar surface area (TPSA) is 58.6 Å². The minimum absolute atomic E-state index is 0.0293. The molecule has 1 heterocycles. The monoisotopic (exact) mass is 344 g/mol. The molecule has 1 aliphatic heterocycles. The second-order valence-corrected chi connectivity index (χ2v) is 7.08. The molecular weight excluding hydrogens is 316 g/mol. The predicted molar refractivity (Wildman–Crippen MR) is 96.4 cm³/mol. The number of amides is 2. The van der Waals surface area contributed by atoms with Crippen molar-refractivity contribution in [2.75, 3.05) is 26.7 Å². The first-order valence-electron chi connectivity index (χ1n) is 9.38. The number of ether oxygens (including phenoxy) is 1. The van der Waals surface area contributed by atoms with E-state index in [0.717, 1.165) is 43.7 Å². The fraction of sp³-hybridized carbons (Fsp3) is 0.600. The van der Waals surface area contributed by atoms with Crippen LogP contribution in [0.4, 0.5) is 0 Å². The predicted octanol–water partition coefficient (Wildman–Crippen LogP) is 2.39. The molecule has 2 atom stereocenters. The largest absolute Gasteiger partial charge is 0.497 e. The molecule has 25 heavy (non-hydrogen) atoms. The van der Waals surface area contributed by atoms with Crippen LogP contribution in [0.5, 0.6) is 5.75 Å². The Bertz CT molecular complexity index is 591. The van der Waals surface area contributed by atoms with Crippen LogP contribution in [0.1, 0.15) is 37.7 Å². The second-order valence-electron chi connectivity index (χ2n) is 7.08. The van der Waals surface area contributed by atoms with Crippen molar-refractivity contribution < 1.29 is 14.3 Å². The maximum Gasteiger partial charge on any atom is 0.226 e. The molecule has 1 aliphatic carbocycles. The van der Waals surface area contributed by atoms with E-state index in [4.69, 9.17) is 4.74 Å². The number of nitrogens with one attached hydrogen (secondary N) is 1. The summed E-state index contributed by atoms with van der Waals surface area (Å²) < 4.78 is 5.14. The van der Waals surface area contributed by atoms with E-state index < -0.39 is 0 Å². The zero-order valence-electron chi connectivity index (χ0n) is 15.0. The number of hydrogen-bond acceptors (Lipinski definition) is 3. The first-order valence-corrected chi connectivity index (χ1v) is 9.38. The molecule has 2 aliphatic rings. The lowest BCUT2D eigenvalue weighted by Gasteiger charge is -2.20. The normalized spacial score (nSPS) is 22.8. The van der Waals surface area contributed by atoms with Gasteiger partial charge < -0.3 is 15.0 Å². The Hall–Kier alpha value is -2.04. The summed E-state index contributed by atoms with van der Waals surface area (Å²) in [4.78, 5) is 26.8. The summed E-state index contributed by atoms with van der Waals surface area (Å²) in [5.41, 5.74) is 1.16. The lowest BCUT2D eigenvalue weighted by Crippen LogP contribution is -2.35. The highest BCUT2D eigenvalue weighted by atomic mass is 16.5. The fourth-order valence-electron chi connectivity index (χ4n) is 3.54. The van der Waals surface area contributed by atoms with Crippen LogP contribution in [-0.2, 0) is 16.0 Å². The summed E-state index contributed by atoms with van der Waals surface area (Å²) in [5, 5.41) is 2.98. The van der Waals surface area contributed by atoms with Crippen molar-refractivity contribution in [1.82, 2.24) is 10.2 Å². The van der Waals surface area contributed by atoms with Gasteiger partial charge >= 0.3 is 0 Å². The summed E-state index contributed by atoms with van der Waals surface area (Å²) in [6.45, 7) is 2.33. The smallest absolute Gasteiger partial charge is 0.226 e. The van der Waals surface area contributed by atoms with Gasteiger partial charge in [0, 0.05) is 19.6 Å². The van der Waals surface area contributed by atoms with E-state index in [1.165, 1.54) is 12.8 Å². The lowest BCUT2D eigenvalue weighted by atomic mass is 10.1. The second kappa shape index (κ2) is 8.37. The van der Waals surface area contributed by atoms with Crippen LogP contribution in [0, 0.1) is 11.8 Å². The van der Waals surface area contributed by atoms with Crippen LogP contribution in [-0.4, -0.2) is 43.5 Å². The highest BCUT2D eigenvalue weighted by Gasteiger charge is 2.49. The number of nitrogens with zero attached hydrogens (tertiary/aromatic N) is 1.